The molecule has 17 heavy (non-hydrogen) atoms. The van der Waals surface area contributed by atoms with Crippen molar-refractivity contribution < 1.29 is 4.74 Å². The molecule has 3 nitrogen and oxygen atoms in total. The number of benzene rings is 1. The normalized spacial score (nSPS) is 12.2. The molecule has 0 saturated carbocycles. The van der Waals surface area contributed by atoms with E-state index in [1.165, 1.54) is 0 Å². The molecule has 1 heterocycles. The van der Waals surface area contributed by atoms with Crippen LogP contribution in [0.2, 0.25) is 0 Å². The summed E-state index contributed by atoms with van der Waals surface area (Å²) in [6.07, 6.45) is 1.78. The second kappa shape index (κ2) is 4.97. The first-order chi connectivity index (χ1) is 8.22. The van der Waals surface area contributed by atoms with E-state index in [1.54, 1.807) is 13.3 Å². The molecule has 0 unspecified atom stereocenters. The highest BCUT2D eigenvalue weighted by Gasteiger charge is 2.12. The van der Waals surface area contributed by atoms with Crippen molar-refractivity contribution >= 4 is 0 Å². The van der Waals surface area contributed by atoms with Crippen LogP contribution in [0.3, 0.4) is 0 Å². The van der Waals surface area contributed by atoms with Gasteiger partial charge in [-0.05, 0) is 23.6 Å². The van der Waals surface area contributed by atoms with Crippen LogP contribution in [0.15, 0.2) is 42.6 Å². The van der Waals surface area contributed by atoms with Crippen molar-refractivity contribution in [2.24, 2.45) is 5.73 Å². The maximum absolute atomic E-state index is 6.23. The van der Waals surface area contributed by atoms with Gasteiger partial charge in [-0.2, -0.15) is 0 Å². The zero-order valence-corrected chi connectivity index (χ0v) is 10.1. The first-order valence-electron chi connectivity index (χ1n) is 5.53. The van der Waals surface area contributed by atoms with Gasteiger partial charge < -0.3 is 10.5 Å². The standard InChI is InChI=1S/C14H16N2O/c1-10-8-13(17-2)16-9-12(10)14(15)11-6-4-3-5-7-11/h3-9,14H,15H2,1-2H3/t14-/m1/s1. The number of aromatic nitrogens is 1. The zero-order chi connectivity index (χ0) is 12.3. The van der Waals surface area contributed by atoms with Crippen molar-refractivity contribution in [1.29, 1.82) is 0 Å². The summed E-state index contributed by atoms with van der Waals surface area (Å²) < 4.78 is 5.08. The van der Waals surface area contributed by atoms with E-state index >= 15 is 0 Å². The molecule has 0 aliphatic rings. The first-order valence-corrected chi connectivity index (χ1v) is 5.53. The Balaban J connectivity index is 2.34. The predicted octanol–water partition coefficient (Wildman–Crippen LogP) is 2.45. The van der Waals surface area contributed by atoms with Crippen molar-refractivity contribution in [2.45, 2.75) is 13.0 Å². The lowest BCUT2D eigenvalue weighted by Crippen LogP contribution is -2.13. The lowest BCUT2D eigenvalue weighted by molar-refractivity contribution is 0.397. The second-order valence-electron chi connectivity index (χ2n) is 3.97. The summed E-state index contributed by atoms with van der Waals surface area (Å²) in [6.45, 7) is 2.02. The fourth-order valence-corrected chi connectivity index (χ4v) is 1.82. The van der Waals surface area contributed by atoms with Gasteiger partial charge in [-0.1, -0.05) is 30.3 Å². The number of hydrogen-bond donors (Lipinski definition) is 1. The van der Waals surface area contributed by atoms with E-state index < -0.39 is 0 Å². The van der Waals surface area contributed by atoms with Crippen LogP contribution >= 0.6 is 0 Å². The Morgan fingerprint density at radius 1 is 1.24 bits per heavy atom. The SMILES string of the molecule is COc1cc(C)c([C@H](N)c2ccccc2)cn1. The number of pyridine rings is 1. The molecule has 0 radical (unpaired) electrons. The van der Waals surface area contributed by atoms with Crippen LogP contribution in [0.1, 0.15) is 22.7 Å². The Morgan fingerprint density at radius 2 is 1.94 bits per heavy atom. The lowest BCUT2D eigenvalue weighted by atomic mass is 9.98. The summed E-state index contributed by atoms with van der Waals surface area (Å²) in [4.78, 5) is 4.20. The maximum atomic E-state index is 6.23. The third-order valence-electron chi connectivity index (χ3n) is 2.83. The van der Waals surface area contributed by atoms with Crippen molar-refractivity contribution in [3.8, 4) is 5.88 Å². The van der Waals surface area contributed by atoms with Crippen LogP contribution in [-0.4, -0.2) is 12.1 Å². The van der Waals surface area contributed by atoms with Gasteiger partial charge in [0.2, 0.25) is 5.88 Å². The molecular weight excluding hydrogens is 212 g/mol. The van der Waals surface area contributed by atoms with Crippen LogP contribution in [0.4, 0.5) is 0 Å². The summed E-state index contributed by atoms with van der Waals surface area (Å²) in [5, 5.41) is 0. The third-order valence-corrected chi connectivity index (χ3v) is 2.83. The predicted molar refractivity (Wildman–Crippen MR) is 68.0 cm³/mol. The quantitative estimate of drug-likeness (QED) is 0.877. The minimum Gasteiger partial charge on any atom is -0.481 e. The summed E-state index contributed by atoms with van der Waals surface area (Å²) in [7, 11) is 1.61. The molecule has 0 saturated heterocycles. The van der Waals surface area contributed by atoms with Crippen LogP contribution in [0.5, 0.6) is 5.88 Å². The zero-order valence-electron chi connectivity index (χ0n) is 10.1. The van der Waals surface area contributed by atoms with Gasteiger partial charge in [-0.3, -0.25) is 0 Å². The maximum Gasteiger partial charge on any atom is 0.213 e. The number of aryl methyl sites for hydroxylation is 1. The fourth-order valence-electron chi connectivity index (χ4n) is 1.82. The molecular formula is C14H16N2O. The van der Waals surface area contributed by atoms with Gasteiger partial charge in [0.1, 0.15) is 0 Å². The first kappa shape index (κ1) is 11.6. The highest BCUT2D eigenvalue weighted by atomic mass is 16.5. The number of nitrogens with zero attached hydrogens (tertiary/aromatic N) is 1. The third kappa shape index (κ3) is 2.45. The monoisotopic (exact) mass is 228 g/mol. The van der Waals surface area contributed by atoms with Gasteiger partial charge in [-0.15, -0.1) is 0 Å². The molecule has 88 valence electrons. The van der Waals surface area contributed by atoms with Crippen molar-refractivity contribution in [2.75, 3.05) is 7.11 Å². The number of rotatable bonds is 3. The van der Waals surface area contributed by atoms with Crippen LogP contribution in [0.25, 0.3) is 0 Å². The van der Waals surface area contributed by atoms with Gasteiger partial charge >= 0.3 is 0 Å². The molecule has 0 aliphatic carbocycles. The summed E-state index contributed by atoms with van der Waals surface area (Å²) in [5.74, 6) is 0.617. The van der Waals surface area contributed by atoms with E-state index in [4.69, 9.17) is 10.5 Å². The van der Waals surface area contributed by atoms with Crippen molar-refractivity contribution in [3.63, 3.8) is 0 Å². The molecule has 0 bridgehead atoms. The molecule has 2 rings (SSSR count). The molecule has 3 heteroatoms. The minimum absolute atomic E-state index is 0.144. The van der Waals surface area contributed by atoms with Crippen molar-refractivity contribution in [1.82, 2.24) is 4.98 Å². The van der Waals surface area contributed by atoms with Crippen LogP contribution in [-0.2, 0) is 0 Å². The van der Waals surface area contributed by atoms with E-state index in [1.807, 2.05) is 43.3 Å². The van der Waals surface area contributed by atoms with Gasteiger partial charge in [0, 0.05) is 12.3 Å². The minimum atomic E-state index is -0.144. The Hall–Kier alpha value is -1.87. The number of ether oxygens (including phenoxy) is 1. The number of hydrogen-bond acceptors (Lipinski definition) is 3. The lowest BCUT2D eigenvalue weighted by Gasteiger charge is -2.15. The molecule has 0 aliphatic heterocycles. The molecule has 0 spiro atoms. The average Bonchev–Trinajstić information content (AvgIpc) is 2.39. The molecule has 0 amide bonds. The summed E-state index contributed by atoms with van der Waals surface area (Å²) >= 11 is 0. The molecule has 1 aromatic heterocycles. The second-order valence-corrected chi connectivity index (χ2v) is 3.97. The fraction of sp³-hybridized carbons (Fsp3) is 0.214. The van der Waals surface area contributed by atoms with Gasteiger partial charge in [-0.25, -0.2) is 4.98 Å². The topological polar surface area (TPSA) is 48.1 Å². The van der Waals surface area contributed by atoms with E-state index in [-0.39, 0.29) is 6.04 Å². The van der Waals surface area contributed by atoms with Gasteiger partial charge in [0.05, 0.1) is 13.2 Å². The molecule has 2 aromatic rings. The summed E-state index contributed by atoms with van der Waals surface area (Å²) in [5.41, 5.74) is 9.43. The van der Waals surface area contributed by atoms with Gasteiger partial charge in [0.25, 0.3) is 0 Å². The molecule has 1 aromatic carbocycles. The van der Waals surface area contributed by atoms with E-state index in [9.17, 15) is 0 Å². The van der Waals surface area contributed by atoms with E-state index in [0.717, 1.165) is 16.7 Å². The Kier molecular flexibility index (Phi) is 3.40. The van der Waals surface area contributed by atoms with Crippen molar-refractivity contribution in [3.05, 3.63) is 59.3 Å². The Morgan fingerprint density at radius 3 is 2.53 bits per heavy atom. The Bertz CT molecular complexity index is 497. The van der Waals surface area contributed by atoms with Gasteiger partial charge in [0.15, 0.2) is 0 Å². The average molecular weight is 228 g/mol. The molecule has 2 N–H and O–H groups in total. The molecule has 0 fully saturated rings. The van der Waals surface area contributed by atoms with Crippen LogP contribution in [0, 0.1) is 6.92 Å². The van der Waals surface area contributed by atoms with E-state index in [2.05, 4.69) is 4.98 Å². The van der Waals surface area contributed by atoms with Crippen LogP contribution < -0.4 is 10.5 Å². The largest absolute Gasteiger partial charge is 0.481 e. The highest BCUT2D eigenvalue weighted by Crippen LogP contribution is 2.23. The number of nitrogens with two attached hydrogens (primary N) is 1. The smallest absolute Gasteiger partial charge is 0.213 e. The van der Waals surface area contributed by atoms with E-state index in [0.29, 0.717) is 5.88 Å². The Labute approximate surface area is 101 Å². The highest BCUT2D eigenvalue weighted by molar-refractivity contribution is 5.36. The number of methoxy groups -OCH3 is 1. The molecule has 1 atom stereocenters. The summed E-state index contributed by atoms with van der Waals surface area (Å²) in [6, 6.07) is 11.8.